The highest BCUT2D eigenvalue weighted by Gasteiger charge is 2.50. The number of ether oxygens (including phenoxy) is 4. The molecule has 2 atom stereocenters. The predicted octanol–water partition coefficient (Wildman–Crippen LogP) is 9.89. The Morgan fingerprint density at radius 1 is 0.548 bits per heavy atom. The molecule has 6 heterocycles. The molecule has 10 rings (SSSR count). The van der Waals surface area contributed by atoms with Gasteiger partial charge in [0.05, 0.1) is 35.9 Å². The number of hydrogen-bond acceptors (Lipinski definition) is 8. The molecule has 2 N–H and O–H groups in total. The Morgan fingerprint density at radius 2 is 0.919 bits per heavy atom. The van der Waals surface area contributed by atoms with Crippen molar-refractivity contribution in [2.45, 2.75) is 63.8 Å². The van der Waals surface area contributed by atoms with E-state index in [2.05, 4.69) is 58.5 Å². The molecule has 12 nitrogen and oxygen atoms in total. The molecular formula is C50H52N6O6. The van der Waals surface area contributed by atoms with Crippen LogP contribution in [0.15, 0.2) is 122 Å². The van der Waals surface area contributed by atoms with Crippen LogP contribution in [0.25, 0.3) is 33.6 Å². The predicted molar refractivity (Wildman–Crippen MR) is 233 cm³/mol. The molecule has 4 aromatic carbocycles. The van der Waals surface area contributed by atoms with E-state index < -0.39 is 0 Å². The Morgan fingerprint density at radius 3 is 1.31 bits per heavy atom. The molecule has 0 aliphatic carbocycles. The number of nitrogens with zero attached hydrogens (tertiary/aromatic N) is 4. The van der Waals surface area contributed by atoms with Crippen molar-refractivity contribution in [1.29, 1.82) is 0 Å². The highest BCUT2D eigenvalue weighted by atomic mass is 16.6. The summed E-state index contributed by atoms with van der Waals surface area (Å²) in [5, 5.41) is 0. The molecule has 0 unspecified atom stereocenters. The Bertz CT molecular complexity index is 2280. The molecule has 2 spiro atoms. The van der Waals surface area contributed by atoms with Gasteiger partial charge in [-0.2, -0.15) is 0 Å². The molecule has 2 amide bonds. The number of benzene rings is 4. The molecular weight excluding hydrogens is 781 g/mol. The largest absolute Gasteiger partial charge is 0.445 e. The van der Waals surface area contributed by atoms with Crippen molar-refractivity contribution in [3.05, 3.63) is 144 Å². The molecule has 0 saturated carbocycles. The topological polar surface area (TPSA) is 135 Å². The Hall–Kier alpha value is -6.24. The molecule has 0 bridgehead atoms. The zero-order valence-electron chi connectivity index (χ0n) is 34.8. The molecule has 4 fully saturated rings. The first-order valence-electron chi connectivity index (χ1n) is 21.8. The number of aromatic amines is 2. The summed E-state index contributed by atoms with van der Waals surface area (Å²) in [6.07, 6.45) is 8.38. The molecule has 12 heteroatoms. The van der Waals surface area contributed by atoms with Crippen LogP contribution in [-0.2, 0) is 32.2 Å². The normalized spacial score (nSPS) is 20.5. The lowest BCUT2D eigenvalue weighted by molar-refractivity contribution is 0.0181. The van der Waals surface area contributed by atoms with E-state index in [1.165, 1.54) is 0 Å². The minimum Gasteiger partial charge on any atom is -0.445 e. The van der Waals surface area contributed by atoms with Gasteiger partial charge in [0.15, 0.2) is 0 Å². The van der Waals surface area contributed by atoms with Gasteiger partial charge < -0.3 is 28.9 Å². The summed E-state index contributed by atoms with van der Waals surface area (Å²) in [6, 6.07) is 36.0. The third kappa shape index (κ3) is 8.36. The lowest BCUT2D eigenvalue weighted by atomic mass is 9.78. The average Bonchev–Trinajstić information content (AvgIpc) is 4.15. The van der Waals surface area contributed by atoms with Crippen LogP contribution in [0, 0.1) is 10.8 Å². The van der Waals surface area contributed by atoms with Gasteiger partial charge in [-0.15, -0.1) is 0 Å². The molecule has 62 heavy (non-hydrogen) atoms. The van der Waals surface area contributed by atoms with E-state index >= 15 is 0 Å². The van der Waals surface area contributed by atoms with Gasteiger partial charge in [-0.3, -0.25) is 9.80 Å². The van der Waals surface area contributed by atoms with E-state index in [0.29, 0.717) is 39.5 Å². The smallest absolute Gasteiger partial charge is 0.410 e. The van der Waals surface area contributed by atoms with Crippen LogP contribution in [0.3, 0.4) is 0 Å². The maximum Gasteiger partial charge on any atom is 0.410 e. The fraction of sp³-hybridized carbons (Fsp3) is 0.360. The van der Waals surface area contributed by atoms with E-state index in [1.54, 1.807) is 0 Å². The maximum atomic E-state index is 13.6. The minimum absolute atomic E-state index is 0.0115. The Kier molecular flexibility index (Phi) is 11.1. The number of H-pyrrole nitrogens is 2. The van der Waals surface area contributed by atoms with Crippen molar-refractivity contribution in [3.8, 4) is 33.6 Å². The summed E-state index contributed by atoms with van der Waals surface area (Å²) in [5.41, 5.74) is 7.90. The standard InChI is InChI=1S/C50H52N6O6/c57-47(61-31-35-7-3-1-4-8-35)55-33-49(19-23-59-24-20-49)27-43(55)45-51-29-41(53-45)39-15-11-37(12-16-39)38-13-17-40(18-14-38)42-30-52-46(54-42)44-28-50(21-25-60-26-22-50)34-56(44)48(58)62-32-36-9-5-2-6-10-36/h1-18,29-30,43-44H,19-28,31-34H2,(H,51,53)(H,52,54)/t43-,44-/m0/s1. The number of hydrogen-bond donors (Lipinski definition) is 2. The van der Waals surface area contributed by atoms with E-state index in [1.807, 2.05) is 82.9 Å². The molecule has 2 aromatic heterocycles. The van der Waals surface area contributed by atoms with Gasteiger partial charge >= 0.3 is 12.2 Å². The number of nitrogens with one attached hydrogen (secondary N) is 2. The first kappa shape index (κ1) is 39.9. The number of imidazole rings is 2. The van der Waals surface area contributed by atoms with Crippen molar-refractivity contribution < 1.29 is 28.5 Å². The second-order valence-corrected chi connectivity index (χ2v) is 17.5. The molecule has 4 aliphatic rings. The SMILES string of the molecule is O=C(OCc1ccccc1)N1CC2(CCOCC2)C[C@H]1c1ncc(-c2ccc(-c3ccc(-c4cnc([C@@H]5CC6(CCOCC6)CN5C(=O)OCc5ccccc5)[nH]4)cc3)cc2)[nH]1. The third-order valence-corrected chi connectivity index (χ3v) is 13.6. The monoisotopic (exact) mass is 832 g/mol. The van der Waals surface area contributed by atoms with Gasteiger partial charge in [0.2, 0.25) is 0 Å². The summed E-state index contributed by atoms with van der Waals surface area (Å²) >= 11 is 0. The van der Waals surface area contributed by atoms with Crippen LogP contribution < -0.4 is 0 Å². The Labute approximate surface area is 361 Å². The van der Waals surface area contributed by atoms with Gasteiger partial charge in [-0.1, -0.05) is 109 Å². The fourth-order valence-corrected chi connectivity index (χ4v) is 9.91. The number of carbonyl (C=O) groups is 2. The second-order valence-electron chi connectivity index (χ2n) is 17.5. The fourth-order valence-electron chi connectivity index (χ4n) is 9.91. The summed E-state index contributed by atoms with van der Waals surface area (Å²) < 4.78 is 23.1. The first-order valence-corrected chi connectivity index (χ1v) is 21.8. The van der Waals surface area contributed by atoms with Gasteiger partial charge in [0, 0.05) is 39.5 Å². The van der Waals surface area contributed by atoms with Gasteiger partial charge in [-0.05, 0) is 82.7 Å². The van der Waals surface area contributed by atoms with Crippen LogP contribution in [0.5, 0.6) is 0 Å². The molecule has 4 saturated heterocycles. The van der Waals surface area contributed by atoms with Crippen LogP contribution in [0.4, 0.5) is 9.59 Å². The van der Waals surface area contributed by atoms with Crippen LogP contribution in [0.1, 0.15) is 73.4 Å². The highest BCUT2D eigenvalue weighted by Crippen LogP contribution is 2.50. The number of carbonyl (C=O) groups excluding carboxylic acids is 2. The van der Waals surface area contributed by atoms with Crippen molar-refractivity contribution in [2.24, 2.45) is 10.8 Å². The van der Waals surface area contributed by atoms with Gasteiger partial charge in [-0.25, -0.2) is 19.6 Å². The summed E-state index contributed by atoms with van der Waals surface area (Å²) in [5.74, 6) is 1.54. The Balaban J connectivity index is 0.812. The van der Waals surface area contributed by atoms with Crippen molar-refractivity contribution >= 4 is 12.2 Å². The summed E-state index contributed by atoms with van der Waals surface area (Å²) in [6.45, 7) is 4.52. The third-order valence-electron chi connectivity index (χ3n) is 13.6. The summed E-state index contributed by atoms with van der Waals surface area (Å²) in [7, 11) is 0. The molecule has 4 aliphatic heterocycles. The zero-order chi connectivity index (χ0) is 41.9. The quantitative estimate of drug-likeness (QED) is 0.147. The second kappa shape index (κ2) is 17.3. The van der Waals surface area contributed by atoms with Crippen LogP contribution in [0.2, 0.25) is 0 Å². The van der Waals surface area contributed by atoms with Crippen LogP contribution >= 0.6 is 0 Å². The number of likely N-dealkylation sites (tertiary alicyclic amines) is 2. The molecule has 6 aromatic rings. The van der Waals surface area contributed by atoms with Crippen molar-refractivity contribution in [1.82, 2.24) is 29.7 Å². The molecule has 318 valence electrons. The maximum absolute atomic E-state index is 13.6. The van der Waals surface area contributed by atoms with Gasteiger partial charge in [0.25, 0.3) is 0 Å². The van der Waals surface area contributed by atoms with Gasteiger partial charge in [0.1, 0.15) is 24.9 Å². The minimum atomic E-state index is -0.316. The van der Waals surface area contributed by atoms with E-state index in [-0.39, 0.29) is 48.3 Å². The van der Waals surface area contributed by atoms with E-state index in [9.17, 15) is 9.59 Å². The zero-order valence-corrected chi connectivity index (χ0v) is 34.8. The van der Waals surface area contributed by atoms with Crippen molar-refractivity contribution in [2.75, 3.05) is 39.5 Å². The number of rotatable bonds is 9. The molecule has 0 radical (unpaired) electrons. The first-order chi connectivity index (χ1) is 30.4. The highest BCUT2D eigenvalue weighted by molar-refractivity contribution is 5.72. The number of amides is 2. The van der Waals surface area contributed by atoms with Crippen LogP contribution in [-0.4, -0.2) is 81.4 Å². The number of aromatic nitrogens is 4. The average molecular weight is 833 g/mol. The van der Waals surface area contributed by atoms with Crippen molar-refractivity contribution in [3.63, 3.8) is 0 Å². The van der Waals surface area contributed by atoms with E-state index in [4.69, 9.17) is 28.9 Å². The lowest BCUT2D eigenvalue weighted by Crippen LogP contribution is -2.36. The van der Waals surface area contributed by atoms with E-state index in [0.717, 1.165) is 94.9 Å². The lowest BCUT2D eigenvalue weighted by Gasteiger charge is -2.32. The summed E-state index contributed by atoms with van der Waals surface area (Å²) in [4.78, 5) is 47.7.